The van der Waals surface area contributed by atoms with Crippen LogP contribution in [0.15, 0.2) is 24.3 Å². The minimum atomic E-state index is -0.267. The van der Waals surface area contributed by atoms with Gasteiger partial charge in [-0.25, -0.2) is 4.79 Å². The third-order valence-electron chi connectivity index (χ3n) is 3.97. The number of likely N-dealkylation sites (tertiary alicyclic amines) is 1. The maximum Gasteiger partial charge on any atom is 0.337 e. The molecule has 0 N–H and O–H groups in total. The van der Waals surface area contributed by atoms with E-state index in [4.69, 9.17) is 4.74 Å². The van der Waals surface area contributed by atoms with Crippen molar-refractivity contribution in [3.8, 4) is 0 Å². The smallest absolute Gasteiger partial charge is 0.337 e. The van der Waals surface area contributed by atoms with E-state index in [2.05, 4.69) is 30.0 Å². The van der Waals surface area contributed by atoms with E-state index in [9.17, 15) is 4.79 Å². The lowest BCUT2D eigenvalue weighted by molar-refractivity contribution is 0.0600. The SMILES string of the molecule is COC(=O)c1cccc(CN2CCCC(N(C)C)C2)c1. The van der Waals surface area contributed by atoms with Gasteiger partial charge < -0.3 is 9.64 Å². The van der Waals surface area contributed by atoms with Gasteiger partial charge in [-0.3, -0.25) is 4.90 Å². The molecule has 4 heteroatoms. The van der Waals surface area contributed by atoms with Gasteiger partial charge >= 0.3 is 5.97 Å². The van der Waals surface area contributed by atoms with E-state index in [1.807, 2.05) is 12.1 Å². The third-order valence-corrected chi connectivity index (χ3v) is 3.97. The molecule has 1 unspecified atom stereocenters. The number of carbonyl (C=O) groups is 1. The number of hydrogen-bond acceptors (Lipinski definition) is 4. The average Bonchev–Trinajstić information content (AvgIpc) is 2.47. The van der Waals surface area contributed by atoms with Crippen LogP contribution in [-0.4, -0.2) is 56.1 Å². The average molecular weight is 276 g/mol. The summed E-state index contributed by atoms with van der Waals surface area (Å²) in [5, 5.41) is 0. The number of nitrogens with zero attached hydrogens (tertiary/aromatic N) is 2. The lowest BCUT2D eigenvalue weighted by Crippen LogP contribution is -2.44. The molecule has 4 nitrogen and oxygen atoms in total. The van der Waals surface area contributed by atoms with E-state index in [0.717, 1.165) is 19.6 Å². The molecule has 0 aromatic heterocycles. The first-order chi connectivity index (χ1) is 9.60. The largest absolute Gasteiger partial charge is 0.465 e. The molecule has 0 bridgehead atoms. The molecule has 0 radical (unpaired) electrons. The summed E-state index contributed by atoms with van der Waals surface area (Å²) in [7, 11) is 5.71. The number of benzene rings is 1. The zero-order valence-corrected chi connectivity index (χ0v) is 12.6. The molecule has 1 heterocycles. The van der Waals surface area contributed by atoms with Crippen LogP contribution in [0.2, 0.25) is 0 Å². The molecule has 1 aliphatic rings. The number of piperidine rings is 1. The van der Waals surface area contributed by atoms with Crippen molar-refractivity contribution in [2.75, 3.05) is 34.3 Å². The molecule has 0 aliphatic carbocycles. The molecular formula is C16H24N2O2. The number of likely N-dealkylation sites (N-methyl/N-ethyl adjacent to an activating group) is 1. The molecule has 1 atom stereocenters. The van der Waals surface area contributed by atoms with E-state index in [1.165, 1.54) is 25.5 Å². The van der Waals surface area contributed by atoms with Gasteiger partial charge in [0.25, 0.3) is 0 Å². The monoisotopic (exact) mass is 276 g/mol. The van der Waals surface area contributed by atoms with Gasteiger partial charge in [0.05, 0.1) is 12.7 Å². The number of carbonyl (C=O) groups excluding carboxylic acids is 1. The summed E-state index contributed by atoms with van der Waals surface area (Å²) in [6.45, 7) is 3.12. The highest BCUT2D eigenvalue weighted by Crippen LogP contribution is 2.17. The molecule has 110 valence electrons. The zero-order valence-electron chi connectivity index (χ0n) is 12.6. The predicted octanol–water partition coefficient (Wildman–Crippen LogP) is 2.00. The van der Waals surface area contributed by atoms with Crippen LogP contribution in [-0.2, 0) is 11.3 Å². The summed E-state index contributed by atoms with van der Waals surface area (Å²) in [5.41, 5.74) is 1.80. The third kappa shape index (κ3) is 3.81. The summed E-state index contributed by atoms with van der Waals surface area (Å²) < 4.78 is 4.77. The second-order valence-electron chi connectivity index (χ2n) is 5.69. The highest BCUT2D eigenvalue weighted by molar-refractivity contribution is 5.89. The van der Waals surface area contributed by atoms with Crippen molar-refractivity contribution in [1.82, 2.24) is 9.80 Å². The minimum Gasteiger partial charge on any atom is -0.465 e. The fraction of sp³-hybridized carbons (Fsp3) is 0.562. The topological polar surface area (TPSA) is 32.8 Å². The number of ether oxygens (including phenoxy) is 1. The van der Waals surface area contributed by atoms with Crippen molar-refractivity contribution in [3.63, 3.8) is 0 Å². The van der Waals surface area contributed by atoms with Gasteiger partial charge in [-0.2, -0.15) is 0 Å². The second kappa shape index (κ2) is 6.86. The molecule has 0 saturated carbocycles. The highest BCUT2D eigenvalue weighted by Gasteiger charge is 2.21. The lowest BCUT2D eigenvalue weighted by Gasteiger charge is -2.36. The van der Waals surface area contributed by atoms with Gasteiger partial charge in [0, 0.05) is 19.1 Å². The van der Waals surface area contributed by atoms with Crippen molar-refractivity contribution >= 4 is 5.97 Å². The van der Waals surface area contributed by atoms with Crippen molar-refractivity contribution < 1.29 is 9.53 Å². The molecule has 1 aromatic rings. The molecule has 1 aliphatic heterocycles. The van der Waals surface area contributed by atoms with E-state index in [1.54, 1.807) is 6.07 Å². The Morgan fingerprint density at radius 2 is 2.25 bits per heavy atom. The Balaban J connectivity index is 2.01. The Hall–Kier alpha value is -1.39. The highest BCUT2D eigenvalue weighted by atomic mass is 16.5. The molecule has 0 amide bonds. The predicted molar refractivity (Wildman–Crippen MR) is 79.8 cm³/mol. The van der Waals surface area contributed by atoms with E-state index in [0.29, 0.717) is 11.6 Å². The molecule has 2 rings (SSSR count). The lowest BCUT2D eigenvalue weighted by atomic mass is 10.0. The summed E-state index contributed by atoms with van der Waals surface area (Å²) in [6.07, 6.45) is 2.51. The Kier molecular flexibility index (Phi) is 5.15. The summed E-state index contributed by atoms with van der Waals surface area (Å²) in [6, 6.07) is 8.37. The van der Waals surface area contributed by atoms with E-state index < -0.39 is 0 Å². The number of methoxy groups -OCH3 is 1. The van der Waals surface area contributed by atoms with Gasteiger partial charge in [0.1, 0.15) is 0 Å². The van der Waals surface area contributed by atoms with Crippen LogP contribution in [0.25, 0.3) is 0 Å². The van der Waals surface area contributed by atoms with Crippen molar-refractivity contribution in [1.29, 1.82) is 0 Å². The summed E-state index contributed by atoms with van der Waals surface area (Å²) in [4.78, 5) is 16.3. The first-order valence-electron chi connectivity index (χ1n) is 7.16. The molecule has 0 spiro atoms. The van der Waals surface area contributed by atoms with E-state index >= 15 is 0 Å². The normalized spacial score (nSPS) is 20.1. The fourth-order valence-electron chi connectivity index (χ4n) is 2.77. The minimum absolute atomic E-state index is 0.267. The molecule has 1 saturated heterocycles. The van der Waals surface area contributed by atoms with Crippen LogP contribution in [0.4, 0.5) is 0 Å². The molecular weight excluding hydrogens is 252 g/mol. The van der Waals surface area contributed by atoms with Crippen LogP contribution in [0.3, 0.4) is 0 Å². The zero-order chi connectivity index (χ0) is 14.5. The quantitative estimate of drug-likeness (QED) is 0.788. The van der Waals surface area contributed by atoms with Crippen molar-refractivity contribution in [2.45, 2.75) is 25.4 Å². The van der Waals surface area contributed by atoms with Gasteiger partial charge in [0.15, 0.2) is 0 Å². The number of esters is 1. The standard InChI is InChI=1S/C16H24N2O2/c1-17(2)15-8-5-9-18(12-15)11-13-6-4-7-14(10-13)16(19)20-3/h4,6-7,10,15H,5,8-9,11-12H2,1-3H3. The number of rotatable bonds is 4. The maximum atomic E-state index is 11.6. The number of hydrogen-bond donors (Lipinski definition) is 0. The molecule has 1 aromatic carbocycles. The Bertz CT molecular complexity index is 460. The van der Waals surface area contributed by atoms with Gasteiger partial charge in [-0.05, 0) is 51.2 Å². The first kappa shape index (κ1) is 15.0. The van der Waals surface area contributed by atoms with Crippen LogP contribution >= 0.6 is 0 Å². The Labute approximate surface area is 121 Å². The second-order valence-corrected chi connectivity index (χ2v) is 5.69. The summed E-state index contributed by atoms with van der Waals surface area (Å²) >= 11 is 0. The van der Waals surface area contributed by atoms with Crippen LogP contribution < -0.4 is 0 Å². The first-order valence-corrected chi connectivity index (χ1v) is 7.16. The molecule has 20 heavy (non-hydrogen) atoms. The van der Waals surface area contributed by atoms with Crippen molar-refractivity contribution in [3.05, 3.63) is 35.4 Å². The van der Waals surface area contributed by atoms with Crippen LogP contribution in [0, 0.1) is 0 Å². The summed E-state index contributed by atoms with van der Waals surface area (Å²) in [5.74, 6) is -0.267. The Morgan fingerprint density at radius 3 is 2.95 bits per heavy atom. The fourth-order valence-corrected chi connectivity index (χ4v) is 2.77. The van der Waals surface area contributed by atoms with Crippen molar-refractivity contribution in [2.24, 2.45) is 0 Å². The Morgan fingerprint density at radius 1 is 1.45 bits per heavy atom. The maximum absolute atomic E-state index is 11.6. The van der Waals surface area contributed by atoms with Crippen LogP contribution in [0.5, 0.6) is 0 Å². The van der Waals surface area contributed by atoms with Gasteiger partial charge in [0.2, 0.25) is 0 Å². The van der Waals surface area contributed by atoms with Gasteiger partial charge in [-0.15, -0.1) is 0 Å². The van der Waals surface area contributed by atoms with Crippen LogP contribution in [0.1, 0.15) is 28.8 Å². The van der Waals surface area contributed by atoms with E-state index in [-0.39, 0.29) is 5.97 Å². The molecule has 1 fully saturated rings. The van der Waals surface area contributed by atoms with Gasteiger partial charge in [-0.1, -0.05) is 12.1 Å².